The zero-order valence-electron chi connectivity index (χ0n) is 16.7. The van der Waals surface area contributed by atoms with E-state index in [9.17, 15) is 23.2 Å². The second kappa shape index (κ2) is 10.3. The van der Waals surface area contributed by atoms with Gasteiger partial charge in [0.25, 0.3) is 0 Å². The Morgan fingerprint density at radius 3 is 2.23 bits per heavy atom. The van der Waals surface area contributed by atoms with E-state index in [1.807, 2.05) is 29.2 Å². The summed E-state index contributed by atoms with van der Waals surface area (Å²) >= 11 is 0. The Bertz CT molecular complexity index is 786. The molecule has 0 radical (unpaired) electrons. The molecule has 1 amide bonds. The molecule has 1 unspecified atom stereocenters. The SMILES string of the molecule is CN1CCCCC1C(=O)N1CCN(c2ccccc2C#N)CC1.O=C(O)C(F)(F)F. The van der Waals surface area contributed by atoms with Crippen LogP contribution in [0, 0.1) is 11.3 Å². The fourth-order valence-electron chi connectivity index (χ4n) is 3.61. The molecule has 1 atom stereocenters. The molecule has 3 rings (SSSR count). The minimum atomic E-state index is -5.08. The number of rotatable bonds is 2. The molecule has 1 aromatic carbocycles. The smallest absolute Gasteiger partial charge is 0.475 e. The Kier molecular flexibility index (Phi) is 8.06. The van der Waals surface area contributed by atoms with Crippen LogP contribution in [0.25, 0.3) is 0 Å². The number of nitrogens with zero attached hydrogens (tertiary/aromatic N) is 4. The van der Waals surface area contributed by atoms with Gasteiger partial charge < -0.3 is 14.9 Å². The first-order valence-electron chi connectivity index (χ1n) is 9.68. The number of likely N-dealkylation sites (tertiary alicyclic amines) is 1. The minimum absolute atomic E-state index is 0.0571. The second-order valence-corrected chi connectivity index (χ2v) is 7.24. The molecule has 0 saturated carbocycles. The van der Waals surface area contributed by atoms with Gasteiger partial charge in [-0.15, -0.1) is 0 Å². The van der Waals surface area contributed by atoms with E-state index < -0.39 is 12.1 Å². The Morgan fingerprint density at radius 1 is 1.10 bits per heavy atom. The lowest BCUT2D eigenvalue weighted by Crippen LogP contribution is -2.55. The molecule has 164 valence electrons. The number of halogens is 3. The Labute approximate surface area is 173 Å². The fraction of sp³-hybridized carbons (Fsp3) is 0.550. The van der Waals surface area contributed by atoms with Gasteiger partial charge in [0.05, 0.1) is 17.3 Å². The average molecular weight is 426 g/mol. The summed E-state index contributed by atoms with van der Waals surface area (Å²) in [6.07, 6.45) is -1.76. The van der Waals surface area contributed by atoms with Crippen molar-refractivity contribution in [2.24, 2.45) is 0 Å². The number of anilines is 1. The number of carbonyl (C=O) groups is 2. The quantitative estimate of drug-likeness (QED) is 0.781. The van der Waals surface area contributed by atoms with Crippen molar-refractivity contribution >= 4 is 17.6 Å². The molecule has 2 aliphatic heterocycles. The molecule has 0 aliphatic carbocycles. The van der Waals surface area contributed by atoms with Crippen molar-refractivity contribution in [3.8, 4) is 6.07 Å². The van der Waals surface area contributed by atoms with E-state index in [2.05, 4.69) is 22.9 Å². The van der Waals surface area contributed by atoms with Crippen LogP contribution in [0.15, 0.2) is 24.3 Å². The third-order valence-electron chi connectivity index (χ3n) is 5.25. The first-order chi connectivity index (χ1) is 14.1. The lowest BCUT2D eigenvalue weighted by atomic mass is 10.0. The van der Waals surface area contributed by atoms with Gasteiger partial charge in [-0.3, -0.25) is 9.69 Å². The Morgan fingerprint density at radius 2 is 1.70 bits per heavy atom. The summed E-state index contributed by atoms with van der Waals surface area (Å²) in [5.74, 6) is -2.48. The molecular formula is C20H25F3N4O3. The fourth-order valence-corrected chi connectivity index (χ4v) is 3.61. The molecule has 7 nitrogen and oxygen atoms in total. The predicted octanol–water partition coefficient (Wildman–Crippen LogP) is 2.32. The summed E-state index contributed by atoms with van der Waals surface area (Å²) in [4.78, 5) is 28.0. The lowest BCUT2D eigenvalue weighted by molar-refractivity contribution is -0.192. The molecular weight excluding hydrogens is 401 g/mol. The topological polar surface area (TPSA) is 87.9 Å². The standard InChI is InChI=1S/C18H24N4O.C2HF3O2/c1-20-9-5-4-8-17(20)18(23)22-12-10-21(11-13-22)16-7-3-2-6-15(16)14-19;3-2(4,5)1(6)7/h2-3,6-7,17H,4-5,8-13H2,1H3;(H,6,7). The van der Waals surface area contributed by atoms with Crippen molar-refractivity contribution in [3.63, 3.8) is 0 Å². The largest absolute Gasteiger partial charge is 0.490 e. The van der Waals surface area contributed by atoms with Crippen LogP contribution < -0.4 is 4.90 Å². The van der Waals surface area contributed by atoms with Crippen LogP contribution in [0.3, 0.4) is 0 Å². The van der Waals surface area contributed by atoms with E-state index in [4.69, 9.17) is 9.90 Å². The molecule has 0 bridgehead atoms. The monoisotopic (exact) mass is 426 g/mol. The van der Waals surface area contributed by atoms with E-state index in [1.54, 1.807) is 0 Å². The van der Waals surface area contributed by atoms with Gasteiger partial charge in [0.2, 0.25) is 5.91 Å². The van der Waals surface area contributed by atoms with Gasteiger partial charge in [0.15, 0.2) is 0 Å². The number of piperidine rings is 1. The van der Waals surface area contributed by atoms with Gasteiger partial charge >= 0.3 is 12.1 Å². The van der Waals surface area contributed by atoms with Crippen molar-refractivity contribution in [2.75, 3.05) is 44.7 Å². The number of para-hydroxylation sites is 1. The molecule has 1 N–H and O–H groups in total. The molecule has 0 spiro atoms. The minimum Gasteiger partial charge on any atom is -0.475 e. The molecule has 10 heteroatoms. The van der Waals surface area contributed by atoms with E-state index in [0.29, 0.717) is 5.56 Å². The predicted molar refractivity (Wildman–Crippen MR) is 104 cm³/mol. The molecule has 1 aromatic rings. The zero-order chi connectivity index (χ0) is 22.3. The number of carboxylic acids is 1. The van der Waals surface area contributed by atoms with Crippen LogP contribution in [-0.4, -0.2) is 78.8 Å². The van der Waals surface area contributed by atoms with Crippen LogP contribution >= 0.6 is 0 Å². The van der Waals surface area contributed by atoms with Gasteiger partial charge in [-0.2, -0.15) is 18.4 Å². The first-order valence-corrected chi connectivity index (χ1v) is 9.68. The molecule has 0 aromatic heterocycles. The average Bonchev–Trinajstić information content (AvgIpc) is 2.73. The molecule has 2 saturated heterocycles. The third-order valence-corrected chi connectivity index (χ3v) is 5.25. The maximum absolute atomic E-state index is 12.7. The number of nitriles is 1. The third kappa shape index (κ3) is 6.10. The second-order valence-electron chi connectivity index (χ2n) is 7.24. The number of aliphatic carboxylic acids is 1. The molecule has 30 heavy (non-hydrogen) atoms. The number of carbonyl (C=O) groups excluding carboxylic acids is 1. The molecule has 2 fully saturated rings. The number of piperazine rings is 1. The zero-order valence-corrected chi connectivity index (χ0v) is 16.7. The van der Waals surface area contributed by atoms with Gasteiger partial charge in [-0.1, -0.05) is 18.6 Å². The highest BCUT2D eigenvalue weighted by Crippen LogP contribution is 2.23. The van der Waals surface area contributed by atoms with Gasteiger partial charge in [-0.05, 0) is 38.6 Å². The Hall–Kier alpha value is -2.80. The number of benzene rings is 1. The van der Waals surface area contributed by atoms with Crippen molar-refractivity contribution in [1.29, 1.82) is 5.26 Å². The number of alkyl halides is 3. The van der Waals surface area contributed by atoms with Crippen LogP contribution in [0.1, 0.15) is 24.8 Å². The van der Waals surface area contributed by atoms with Crippen molar-refractivity contribution < 1.29 is 27.9 Å². The van der Waals surface area contributed by atoms with E-state index >= 15 is 0 Å². The first kappa shape index (κ1) is 23.5. The number of likely N-dealkylation sites (N-methyl/N-ethyl adjacent to an activating group) is 1. The van der Waals surface area contributed by atoms with Crippen LogP contribution in [-0.2, 0) is 9.59 Å². The normalized spacial score (nSPS) is 20.0. The number of amides is 1. The van der Waals surface area contributed by atoms with Gasteiger partial charge in [-0.25, -0.2) is 4.79 Å². The lowest BCUT2D eigenvalue weighted by Gasteiger charge is -2.40. The molecule has 2 aliphatic rings. The number of carboxylic acid groups (broad SMARTS) is 1. The number of hydrogen-bond acceptors (Lipinski definition) is 5. The van der Waals surface area contributed by atoms with Gasteiger partial charge in [0, 0.05) is 26.2 Å². The highest BCUT2D eigenvalue weighted by atomic mass is 19.4. The van der Waals surface area contributed by atoms with Crippen molar-refractivity contribution in [2.45, 2.75) is 31.5 Å². The van der Waals surface area contributed by atoms with E-state index in [0.717, 1.165) is 51.3 Å². The summed E-state index contributed by atoms with van der Waals surface area (Å²) < 4.78 is 31.7. The number of hydrogen-bond donors (Lipinski definition) is 1. The summed E-state index contributed by atoms with van der Waals surface area (Å²) in [5, 5.41) is 16.4. The van der Waals surface area contributed by atoms with Crippen LogP contribution in [0.2, 0.25) is 0 Å². The van der Waals surface area contributed by atoms with Crippen molar-refractivity contribution in [1.82, 2.24) is 9.80 Å². The van der Waals surface area contributed by atoms with E-state index in [1.165, 1.54) is 6.42 Å². The van der Waals surface area contributed by atoms with Crippen LogP contribution in [0.4, 0.5) is 18.9 Å². The summed E-state index contributed by atoms with van der Waals surface area (Å²) in [7, 11) is 2.06. The maximum atomic E-state index is 12.7. The molecule has 2 heterocycles. The van der Waals surface area contributed by atoms with Crippen LogP contribution in [0.5, 0.6) is 0 Å². The summed E-state index contributed by atoms with van der Waals surface area (Å²) in [6, 6.07) is 10.0. The maximum Gasteiger partial charge on any atom is 0.490 e. The van der Waals surface area contributed by atoms with Gasteiger partial charge in [0.1, 0.15) is 6.07 Å². The summed E-state index contributed by atoms with van der Waals surface area (Å²) in [5.41, 5.74) is 1.69. The van der Waals surface area contributed by atoms with E-state index in [-0.39, 0.29) is 11.9 Å². The highest BCUT2D eigenvalue weighted by molar-refractivity contribution is 5.82. The Balaban J connectivity index is 0.000000396. The summed E-state index contributed by atoms with van der Waals surface area (Å²) in [6.45, 7) is 4.08. The van der Waals surface area contributed by atoms with Crippen molar-refractivity contribution in [3.05, 3.63) is 29.8 Å². The highest BCUT2D eigenvalue weighted by Gasteiger charge is 2.38.